The number of aromatic nitrogens is 1. The summed E-state index contributed by atoms with van der Waals surface area (Å²) in [5.74, 6) is -0.369. The summed E-state index contributed by atoms with van der Waals surface area (Å²) in [6, 6.07) is 20.1. The second kappa shape index (κ2) is 8.01. The zero-order valence-corrected chi connectivity index (χ0v) is 15.6. The molecule has 0 unspecified atom stereocenters. The van der Waals surface area contributed by atoms with Crippen molar-refractivity contribution < 1.29 is 13.2 Å². The Balaban J connectivity index is 1.86. The zero-order valence-electron chi connectivity index (χ0n) is 14.7. The van der Waals surface area contributed by atoms with Gasteiger partial charge in [0.1, 0.15) is 0 Å². The number of carbonyl (C=O) groups is 1. The fraction of sp³-hybridized carbons (Fsp3) is 0.100. The van der Waals surface area contributed by atoms with E-state index in [-0.39, 0.29) is 22.9 Å². The second-order valence-electron chi connectivity index (χ2n) is 5.81. The van der Waals surface area contributed by atoms with E-state index in [1.165, 1.54) is 19.2 Å². The first kappa shape index (κ1) is 18.6. The molecule has 7 heteroatoms. The van der Waals surface area contributed by atoms with E-state index < -0.39 is 10.0 Å². The standard InChI is InChI=1S/C20H19N3O3S/c1-23(27(25,26)17-10-3-2-4-11-17)19-13-6-5-12-18(19)20(24)22-15-16-9-7-8-14-21-16/h2-14H,15H2,1H3,(H,22,24). The third-order valence-corrected chi connectivity index (χ3v) is 5.83. The number of carbonyl (C=O) groups excluding carboxylic acids is 1. The number of nitrogens with one attached hydrogen (secondary N) is 1. The van der Waals surface area contributed by atoms with Crippen LogP contribution in [0.5, 0.6) is 0 Å². The average Bonchev–Trinajstić information content (AvgIpc) is 2.73. The number of nitrogens with zero attached hydrogens (tertiary/aromatic N) is 2. The molecule has 0 aliphatic carbocycles. The van der Waals surface area contributed by atoms with E-state index in [4.69, 9.17) is 0 Å². The largest absolute Gasteiger partial charge is 0.346 e. The predicted molar refractivity (Wildman–Crippen MR) is 104 cm³/mol. The summed E-state index contributed by atoms with van der Waals surface area (Å²) >= 11 is 0. The Bertz CT molecular complexity index is 1020. The molecule has 0 saturated heterocycles. The van der Waals surface area contributed by atoms with Gasteiger partial charge in [-0.3, -0.25) is 14.1 Å². The molecular formula is C20H19N3O3S. The van der Waals surface area contributed by atoms with Gasteiger partial charge >= 0.3 is 0 Å². The van der Waals surface area contributed by atoms with Crippen molar-refractivity contribution in [3.05, 3.63) is 90.3 Å². The number of sulfonamides is 1. The molecular weight excluding hydrogens is 362 g/mol. The van der Waals surface area contributed by atoms with Crippen LogP contribution < -0.4 is 9.62 Å². The highest BCUT2D eigenvalue weighted by atomic mass is 32.2. The average molecular weight is 381 g/mol. The van der Waals surface area contributed by atoms with Crippen molar-refractivity contribution in [3.63, 3.8) is 0 Å². The van der Waals surface area contributed by atoms with E-state index in [9.17, 15) is 13.2 Å². The van der Waals surface area contributed by atoms with Gasteiger partial charge in [-0.25, -0.2) is 8.42 Å². The molecule has 3 rings (SSSR count). The number of amides is 1. The lowest BCUT2D eigenvalue weighted by Gasteiger charge is -2.22. The summed E-state index contributed by atoms with van der Waals surface area (Å²) in [4.78, 5) is 17.0. The highest BCUT2D eigenvalue weighted by Gasteiger charge is 2.24. The molecule has 1 aromatic heterocycles. The van der Waals surface area contributed by atoms with Gasteiger partial charge in [-0.05, 0) is 36.4 Å². The van der Waals surface area contributed by atoms with E-state index in [1.54, 1.807) is 60.8 Å². The second-order valence-corrected chi connectivity index (χ2v) is 7.78. The van der Waals surface area contributed by atoms with Gasteiger partial charge in [0.15, 0.2) is 0 Å². The van der Waals surface area contributed by atoms with Crippen LogP contribution in [0.4, 0.5) is 5.69 Å². The SMILES string of the molecule is CN(c1ccccc1C(=O)NCc1ccccn1)S(=O)(=O)c1ccccc1. The fourth-order valence-corrected chi connectivity index (χ4v) is 3.82. The van der Waals surface area contributed by atoms with Gasteiger partial charge in [-0.15, -0.1) is 0 Å². The van der Waals surface area contributed by atoms with Crippen molar-refractivity contribution in [2.24, 2.45) is 0 Å². The van der Waals surface area contributed by atoms with Crippen molar-refractivity contribution in [1.82, 2.24) is 10.3 Å². The first-order valence-electron chi connectivity index (χ1n) is 8.31. The molecule has 0 aliphatic heterocycles. The Kier molecular flexibility index (Phi) is 5.52. The fourth-order valence-electron chi connectivity index (χ4n) is 2.59. The van der Waals surface area contributed by atoms with Crippen molar-refractivity contribution in [2.45, 2.75) is 11.4 Å². The number of benzene rings is 2. The highest BCUT2D eigenvalue weighted by molar-refractivity contribution is 7.92. The molecule has 0 aliphatic rings. The van der Waals surface area contributed by atoms with E-state index in [2.05, 4.69) is 10.3 Å². The molecule has 6 nitrogen and oxygen atoms in total. The minimum atomic E-state index is -3.77. The van der Waals surface area contributed by atoms with Crippen LogP contribution in [-0.2, 0) is 16.6 Å². The van der Waals surface area contributed by atoms with Crippen LogP contribution in [0.15, 0.2) is 83.9 Å². The predicted octanol–water partition coefficient (Wildman–Crippen LogP) is 2.84. The van der Waals surface area contributed by atoms with Crippen molar-refractivity contribution in [3.8, 4) is 0 Å². The van der Waals surface area contributed by atoms with E-state index >= 15 is 0 Å². The lowest BCUT2D eigenvalue weighted by molar-refractivity contribution is 0.0951. The monoisotopic (exact) mass is 381 g/mol. The number of para-hydroxylation sites is 1. The van der Waals surface area contributed by atoms with Crippen LogP contribution in [0.25, 0.3) is 0 Å². The number of rotatable bonds is 6. The van der Waals surface area contributed by atoms with Gasteiger partial charge in [-0.2, -0.15) is 0 Å². The third-order valence-electron chi connectivity index (χ3n) is 4.05. The molecule has 2 aromatic carbocycles. The Morgan fingerprint density at radius 1 is 0.963 bits per heavy atom. The van der Waals surface area contributed by atoms with Crippen LogP contribution >= 0.6 is 0 Å². The Morgan fingerprint density at radius 3 is 2.33 bits per heavy atom. The first-order valence-corrected chi connectivity index (χ1v) is 9.75. The van der Waals surface area contributed by atoms with Gasteiger partial charge < -0.3 is 5.32 Å². The molecule has 0 bridgehead atoms. The van der Waals surface area contributed by atoms with Crippen molar-refractivity contribution >= 4 is 21.6 Å². The highest BCUT2D eigenvalue weighted by Crippen LogP contribution is 2.25. The Hall–Kier alpha value is -3.19. The summed E-state index contributed by atoms with van der Waals surface area (Å²) in [5, 5.41) is 2.78. The number of hydrogen-bond donors (Lipinski definition) is 1. The molecule has 0 fully saturated rings. The molecule has 0 atom stereocenters. The first-order chi connectivity index (χ1) is 13.0. The third kappa shape index (κ3) is 4.15. The minimum absolute atomic E-state index is 0.163. The Labute approximate surface area is 158 Å². The molecule has 27 heavy (non-hydrogen) atoms. The van der Waals surface area contributed by atoms with E-state index in [0.717, 1.165) is 4.31 Å². The van der Waals surface area contributed by atoms with Crippen LogP contribution in [-0.4, -0.2) is 26.4 Å². The molecule has 138 valence electrons. The van der Waals surface area contributed by atoms with Crippen LogP contribution in [0.3, 0.4) is 0 Å². The maximum Gasteiger partial charge on any atom is 0.264 e. The molecule has 1 N–H and O–H groups in total. The molecule has 1 heterocycles. The van der Waals surface area contributed by atoms with Crippen LogP contribution in [0, 0.1) is 0 Å². The minimum Gasteiger partial charge on any atom is -0.346 e. The Morgan fingerprint density at radius 2 is 1.63 bits per heavy atom. The van der Waals surface area contributed by atoms with Gasteiger partial charge in [0.25, 0.3) is 15.9 Å². The van der Waals surface area contributed by atoms with Gasteiger partial charge in [0.2, 0.25) is 0 Å². The normalized spacial score (nSPS) is 11.0. The van der Waals surface area contributed by atoms with Crippen LogP contribution in [0.2, 0.25) is 0 Å². The molecule has 3 aromatic rings. The number of hydrogen-bond acceptors (Lipinski definition) is 4. The van der Waals surface area contributed by atoms with E-state index in [0.29, 0.717) is 11.4 Å². The summed E-state index contributed by atoms with van der Waals surface area (Å²) in [5.41, 5.74) is 1.30. The van der Waals surface area contributed by atoms with Crippen molar-refractivity contribution in [1.29, 1.82) is 0 Å². The maximum absolute atomic E-state index is 12.9. The molecule has 0 radical (unpaired) electrons. The topological polar surface area (TPSA) is 79.4 Å². The lowest BCUT2D eigenvalue weighted by atomic mass is 10.1. The summed E-state index contributed by atoms with van der Waals surface area (Å²) in [6.07, 6.45) is 1.65. The summed E-state index contributed by atoms with van der Waals surface area (Å²) in [7, 11) is -2.34. The number of pyridine rings is 1. The quantitative estimate of drug-likeness (QED) is 0.712. The van der Waals surface area contributed by atoms with Crippen LogP contribution in [0.1, 0.15) is 16.1 Å². The van der Waals surface area contributed by atoms with Gasteiger partial charge in [0.05, 0.1) is 28.4 Å². The zero-order chi connectivity index (χ0) is 19.3. The van der Waals surface area contributed by atoms with E-state index in [1.807, 2.05) is 6.07 Å². The van der Waals surface area contributed by atoms with Gasteiger partial charge in [-0.1, -0.05) is 36.4 Å². The van der Waals surface area contributed by atoms with Crippen molar-refractivity contribution in [2.75, 3.05) is 11.4 Å². The molecule has 0 spiro atoms. The smallest absolute Gasteiger partial charge is 0.264 e. The summed E-state index contributed by atoms with van der Waals surface area (Å²) in [6.45, 7) is 0.253. The molecule has 0 saturated carbocycles. The lowest BCUT2D eigenvalue weighted by Crippen LogP contribution is -2.30. The molecule has 1 amide bonds. The van der Waals surface area contributed by atoms with Gasteiger partial charge in [0, 0.05) is 13.2 Å². The number of anilines is 1. The maximum atomic E-state index is 12.9. The summed E-state index contributed by atoms with van der Waals surface area (Å²) < 4.78 is 26.9.